The summed E-state index contributed by atoms with van der Waals surface area (Å²) in [6.45, 7) is 3.07. The van der Waals surface area contributed by atoms with Gasteiger partial charge in [-0.25, -0.2) is 12.8 Å². The first-order chi connectivity index (χ1) is 7.88. The van der Waals surface area contributed by atoms with E-state index in [-0.39, 0.29) is 22.7 Å². The van der Waals surface area contributed by atoms with Crippen LogP contribution >= 0.6 is 0 Å². The predicted molar refractivity (Wildman–Crippen MR) is 64.2 cm³/mol. The molecule has 0 aliphatic carbocycles. The van der Waals surface area contributed by atoms with Crippen molar-refractivity contribution >= 4 is 15.7 Å². The van der Waals surface area contributed by atoms with Crippen LogP contribution in [0.15, 0.2) is 17.0 Å². The highest BCUT2D eigenvalue weighted by molar-refractivity contribution is 7.89. The minimum Gasteiger partial charge on any atom is -0.396 e. The average Bonchev–Trinajstić information content (AvgIpc) is 2.25. The first-order valence-electron chi connectivity index (χ1n) is 4.83. The molecule has 1 rings (SSSR count). The zero-order chi connectivity index (χ0) is 13.1. The van der Waals surface area contributed by atoms with E-state index in [1.165, 1.54) is 13.0 Å². The Labute approximate surface area is 100 Å². The molecule has 0 unspecified atom stereocenters. The van der Waals surface area contributed by atoms with Crippen molar-refractivity contribution in [2.24, 2.45) is 0 Å². The molecule has 0 aliphatic rings. The summed E-state index contributed by atoms with van der Waals surface area (Å²) in [5.74, 6) is 4.53. The molecule has 92 valence electrons. The summed E-state index contributed by atoms with van der Waals surface area (Å²) in [7, 11) is -3.69. The van der Waals surface area contributed by atoms with Crippen LogP contribution in [0.4, 0.5) is 10.1 Å². The Morgan fingerprint density at radius 2 is 2.12 bits per heavy atom. The number of sulfonamides is 1. The van der Waals surface area contributed by atoms with Crippen molar-refractivity contribution in [3.05, 3.63) is 23.5 Å². The van der Waals surface area contributed by atoms with Crippen molar-refractivity contribution in [2.75, 3.05) is 12.3 Å². The van der Waals surface area contributed by atoms with E-state index in [4.69, 9.17) is 5.73 Å². The van der Waals surface area contributed by atoms with Gasteiger partial charge >= 0.3 is 0 Å². The Kier molecular flexibility index (Phi) is 4.10. The molecular weight excluding hydrogens is 243 g/mol. The van der Waals surface area contributed by atoms with Crippen LogP contribution in [0.5, 0.6) is 0 Å². The minimum atomic E-state index is -3.69. The van der Waals surface area contributed by atoms with Gasteiger partial charge in [0.25, 0.3) is 0 Å². The molecule has 0 radical (unpaired) electrons. The maximum atomic E-state index is 13.2. The fraction of sp³-hybridized carbons (Fsp3) is 0.273. The van der Waals surface area contributed by atoms with Crippen molar-refractivity contribution in [1.29, 1.82) is 0 Å². The number of nitrogens with two attached hydrogens (primary N) is 1. The summed E-state index contributed by atoms with van der Waals surface area (Å²) in [4.78, 5) is -0.0631. The molecular formula is C11H13FN2O2S. The maximum absolute atomic E-state index is 13.2. The van der Waals surface area contributed by atoms with Crippen LogP contribution in [0.25, 0.3) is 0 Å². The zero-order valence-corrected chi connectivity index (χ0v) is 10.4. The molecule has 0 bridgehead atoms. The van der Waals surface area contributed by atoms with E-state index in [1.807, 2.05) is 0 Å². The van der Waals surface area contributed by atoms with Gasteiger partial charge in [-0.1, -0.05) is 5.92 Å². The topological polar surface area (TPSA) is 72.2 Å². The fourth-order valence-corrected chi connectivity index (χ4v) is 2.26. The monoisotopic (exact) mass is 256 g/mol. The van der Waals surface area contributed by atoms with Gasteiger partial charge in [-0.2, -0.15) is 4.72 Å². The third kappa shape index (κ3) is 3.19. The quantitative estimate of drug-likeness (QED) is 0.626. The Bertz CT molecular complexity index is 562. The molecule has 4 nitrogen and oxygen atoms in total. The number of nitrogen functional groups attached to an aromatic ring is 1. The summed E-state index contributed by atoms with van der Waals surface area (Å²) in [6, 6.07) is 2.32. The third-order valence-corrected chi connectivity index (χ3v) is 3.47. The summed E-state index contributed by atoms with van der Waals surface area (Å²) in [6.07, 6.45) is 0. The lowest BCUT2D eigenvalue weighted by molar-refractivity contribution is 0.584. The SMILES string of the molecule is CC#CCNS(=O)(=O)c1cc(C)c(F)c(N)c1. The van der Waals surface area contributed by atoms with Gasteiger partial charge in [0, 0.05) is 0 Å². The van der Waals surface area contributed by atoms with E-state index < -0.39 is 15.8 Å². The number of nitrogens with one attached hydrogen (secondary N) is 1. The molecule has 0 saturated heterocycles. The highest BCUT2D eigenvalue weighted by Crippen LogP contribution is 2.20. The molecule has 0 aliphatic heterocycles. The third-order valence-electron chi connectivity index (χ3n) is 2.09. The van der Waals surface area contributed by atoms with Gasteiger partial charge in [0.05, 0.1) is 17.1 Å². The first-order valence-corrected chi connectivity index (χ1v) is 6.31. The molecule has 1 aromatic carbocycles. The number of hydrogen-bond acceptors (Lipinski definition) is 3. The Balaban J connectivity index is 3.10. The molecule has 0 fully saturated rings. The lowest BCUT2D eigenvalue weighted by Gasteiger charge is -2.07. The smallest absolute Gasteiger partial charge is 0.241 e. The van der Waals surface area contributed by atoms with E-state index >= 15 is 0 Å². The number of aryl methyl sites for hydroxylation is 1. The molecule has 0 heterocycles. The molecule has 6 heteroatoms. The Hall–Kier alpha value is -1.58. The highest BCUT2D eigenvalue weighted by Gasteiger charge is 2.16. The lowest BCUT2D eigenvalue weighted by atomic mass is 10.2. The summed E-state index contributed by atoms with van der Waals surface area (Å²) < 4.78 is 39.0. The molecule has 0 saturated carbocycles. The van der Waals surface area contributed by atoms with Crippen molar-refractivity contribution in [3.8, 4) is 11.8 Å². The molecule has 3 N–H and O–H groups in total. The Morgan fingerprint density at radius 1 is 1.47 bits per heavy atom. The van der Waals surface area contributed by atoms with Crippen LogP contribution in [-0.2, 0) is 10.0 Å². The van der Waals surface area contributed by atoms with Gasteiger partial charge in [0.2, 0.25) is 10.0 Å². The Morgan fingerprint density at radius 3 is 2.65 bits per heavy atom. The molecule has 0 aromatic heterocycles. The molecule has 17 heavy (non-hydrogen) atoms. The van der Waals surface area contributed by atoms with Crippen LogP contribution in [0.3, 0.4) is 0 Å². The van der Waals surface area contributed by atoms with E-state index in [1.54, 1.807) is 6.92 Å². The molecule has 0 spiro atoms. The van der Waals surface area contributed by atoms with Crippen LogP contribution in [0.1, 0.15) is 12.5 Å². The standard InChI is InChI=1S/C11H13FN2O2S/c1-3-4-5-14-17(15,16)9-6-8(2)11(12)10(13)7-9/h6-7,14H,5,13H2,1-2H3. The second-order valence-electron chi connectivity index (χ2n) is 3.39. The predicted octanol–water partition coefficient (Wildman–Crippen LogP) is 1.02. The molecule has 1 aromatic rings. The normalized spacial score (nSPS) is 10.8. The molecule has 0 atom stereocenters. The second-order valence-corrected chi connectivity index (χ2v) is 5.16. The summed E-state index contributed by atoms with van der Waals surface area (Å²) >= 11 is 0. The van der Waals surface area contributed by atoms with Crippen LogP contribution in [-0.4, -0.2) is 15.0 Å². The minimum absolute atomic E-state index is 0.00909. The van der Waals surface area contributed by atoms with Crippen LogP contribution < -0.4 is 10.5 Å². The number of anilines is 1. The van der Waals surface area contributed by atoms with Gasteiger partial charge in [0.1, 0.15) is 5.82 Å². The van der Waals surface area contributed by atoms with Gasteiger partial charge in [-0.05, 0) is 31.5 Å². The van der Waals surface area contributed by atoms with E-state index in [0.717, 1.165) is 6.07 Å². The fourth-order valence-electron chi connectivity index (χ4n) is 1.22. The van der Waals surface area contributed by atoms with E-state index in [0.29, 0.717) is 0 Å². The largest absolute Gasteiger partial charge is 0.396 e. The number of hydrogen-bond donors (Lipinski definition) is 2. The number of halogens is 1. The number of benzene rings is 1. The zero-order valence-electron chi connectivity index (χ0n) is 9.54. The molecule has 0 amide bonds. The average molecular weight is 256 g/mol. The van der Waals surface area contributed by atoms with Crippen molar-refractivity contribution in [3.63, 3.8) is 0 Å². The van der Waals surface area contributed by atoms with Gasteiger partial charge in [-0.3, -0.25) is 0 Å². The first kappa shape index (κ1) is 13.5. The van der Waals surface area contributed by atoms with Gasteiger partial charge in [-0.15, -0.1) is 5.92 Å². The van der Waals surface area contributed by atoms with Crippen molar-refractivity contribution < 1.29 is 12.8 Å². The van der Waals surface area contributed by atoms with E-state index in [2.05, 4.69) is 16.6 Å². The maximum Gasteiger partial charge on any atom is 0.241 e. The summed E-state index contributed by atoms with van der Waals surface area (Å²) in [5, 5.41) is 0. The number of rotatable bonds is 3. The van der Waals surface area contributed by atoms with Crippen LogP contribution in [0, 0.1) is 24.6 Å². The van der Waals surface area contributed by atoms with Crippen molar-refractivity contribution in [1.82, 2.24) is 4.72 Å². The van der Waals surface area contributed by atoms with E-state index in [9.17, 15) is 12.8 Å². The van der Waals surface area contributed by atoms with Gasteiger partial charge < -0.3 is 5.73 Å². The summed E-state index contributed by atoms with van der Waals surface area (Å²) in [5.41, 5.74) is 5.38. The van der Waals surface area contributed by atoms with Gasteiger partial charge in [0.15, 0.2) is 0 Å². The highest BCUT2D eigenvalue weighted by atomic mass is 32.2. The van der Waals surface area contributed by atoms with Crippen molar-refractivity contribution in [2.45, 2.75) is 18.7 Å². The van der Waals surface area contributed by atoms with Crippen LogP contribution in [0.2, 0.25) is 0 Å². The second kappa shape index (κ2) is 5.17. The lowest BCUT2D eigenvalue weighted by Crippen LogP contribution is -2.24.